The number of hydrogen-bond donors (Lipinski definition) is 2. The number of carbonyl (C=O) groups excluding carboxylic acids is 2. The molecule has 142 valence electrons. The molecule has 0 saturated heterocycles. The number of para-hydroxylation sites is 2. The van der Waals surface area contributed by atoms with Crippen molar-refractivity contribution in [3.05, 3.63) is 90.0 Å². The van der Waals surface area contributed by atoms with Crippen LogP contribution >= 0.6 is 0 Å². The topological polar surface area (TPSA) is 67.4 Å². The fourth-order valence-electron chi connectivity index (χ4n) is 2.62. The quantitative estimate of drug-likeness (QED) is 0.660. The Kier molecular flexibility index (Phi) is 6.07. The maximum atomic E-state index is 12.6. The van der Waals surface area contributed by atoms with E-state index >= 15 is 0 Å². The van der Waals surface area contributed by atoms with Gasteiger partial charge in [0.25, 0.3) is 11.8 Å². The van der Waals surface area contributed by atoms with Gasteiger partial charge in [-0.15, -0.1) is 0 Å². The van der Waals surface area contributed by atoms with Crippen LogP contribution in [-0.4, -0.2) is 17.9 Å². The van der Waals surface area contributed by atoms with Gasteiger partial charge in [0.05, 0.1) is 11.3 Å². The minimum atomic E-state index is -0.715. The average molecular weight is 374 g/mol. The molecule has 3 aromatic carbocycles. The lowest BCUT2D eigenvalue weighted by Crippen LogP contribution is -2.31. The van der Waals surface area contributed by atoms with Crippen LogP contribution in [-0.2, 0) is 4.79 Å². The van der Waals surface area contributed by atoms with Crippen molar-refractivity contribution in [1.29, 1.82) is 0 Å². The zero-order valence-corrected chi connectivity index (χ0v) is 15.8. The molecule has 28 heavy (non-hydrogen) atoms. The maximum Gasteiger partial charge on any atom is 0.265 e. The van der Waals surface area contributed by atoms with Gasteiger partial charge in [0.15, 0.2) is 6.10 Å². The Labute approximate surface area is 164 Å². The molecule has 0 bridgehead atoms. The van der Waals surface area contributed by atoms with Crippen LogP contribution in [0.25, 0.3) is 0 Å². The molecule has 5 nitrogen and oxygen atoms in total. The van der Waals surface area contributed by atoms with Gasteiger partial charge in [0.2, 0.25) is 0 Å². The smallest absolute Gasteiger partial charge is 0.265 e. The van der Waals surface area contributed by atoms with E-state index in [1.807, 2.05) is 49.4 Å². The standard InChI is InChI=1S/C23H22N2O3/c1-16-12-14-19(15-13-16)28-17(2)22(26)25-21-11-7-6-10-20(21)23(27)24-18-8-4-3-5-9-18/h3-15,17H,1-2H3,(H,24,27)(H,25,26)/t17-/m1/s1. The van der Waals surface area contributed by atoms with Crippen molar-refractivity contribution in [2.75, 3.05) is 10.6 Å². The number of anilines is 2. The molecule has 3 aromatic rings. The van der Waals surface area contributed by atoms with E-state index in [-0.39, 0.29) is 11.8 Å². The van der Waals surface area contributed by atoms with Crippen LogP contribution in [0.2, 0.25) is 0 Å². The number of ether oxygens (including phenoxy) is 1. The average Bonchev–Trinajstić information content (AvgIpc) is 2.70. The first-order valence-corrected chi connectivity index (χ1v) is 9.02. The summed E-state index contributed by atoms with van der Waals surface area (Å²) in [5, 5.41) is 5.61. The van der Waals surface area contributed by atoms with Gasteiger partial charge < -0.3 is 15.4 Å². The lowest BCUT2D eigenvalue weighted by Gasteiger charge is -2.16. The second-order valence-electron chi connectivity index (χ2n) is 6.43. The largest absolute Gasteiger partial charge is 0.481 e. The van der Waals surface area contributed by atoms with Gasteiger partial charge in [0.1, 0.15) is 5.75 Å². The number of rotatable bonds is 6. The molecule has 2 N–H and O–H groups in total. The Morgan fingerprint density at radius 2 is 1.46 bits per heavy atom. The Balaban J connectivity index is 1.69. The zero-order valence-electron chi connectivity index (χ0n) is 15.8. The third kappa shape index (κ3) is 4.98. The molecule has 0 heterocycles. The summed E-state index contributed by atoms with van der Waals surface area (Å²) in [5.74, 6) is -0.0157. The van der Waals surface area contributed by atoms with Crippen LogP contribution in [0.4, 0.5) is 11.4 Å². The van der Waals surface area contributed by atoms with Crippen molar-refractivity contribution in [3.63, 3.8) is 0 Å². The highest BCUT2D eigenvalue weighted by atomic mass is 16.5. The summed E-state index contributed by atoms with van der Waals surface area (Å²) in [7, 11) is 0. The number of nitrogens with one attached hydrogen (secondary N) is 2. The molecule has 0 aliphatic carbocycles. The monoisotopic (exact) mass is 374 g/mol. The molecule has 0 spiro atoms. The highest BCUT2D eigenvalue weighted by Gasteiger charge is 2.18. The molecule has 3 rings (SSSR count). The molecule has 0 aromatic heterocycles. The Morgan fingerprint density at radius 1 is 0.821 bits per heavy atom. The van der Waals surface area contributed by atoms with Crippen molar-refractivity contribution in [3.8, 4) is 5.75 Å². The van der Waals surface area contributed by atoms with Gasteiger partial charge in [-0.05, 0) is 50.2 Å². The number of amides is 2. The first kappa shape index (κ1) is 19.2. The number of aryl methyl sites for hydroxylation is 1. The third-order valence-corrected chi connectivity index (χ3v) is 4.16. The molecule has 0 aliphatic heterocycles. The first-order chi connectivity index (χ1) is 13.5. The van der Waals surface area contributed by atoms with Crippen LogP contribution in [0.15, 0.2) is 78.9 Å². The highest BCUT2D eigenvalue weighted by molar-refractivity contribution is 6.10. The molecule has 0 saturated carbocycles. The second kappa shape index (κ2) is 8.86. The second-order valence-corrected chi connectivity index (χ2v) is 6.43. The van der Waals surface area contributed by atoms with E-state index in [2.05, 4.69) is 10.6 Å². The van der Waals surface area contributed by atoms with Crippen molar-refractivity contribution in [1.82, 2.24) is 0 Å². The minimum Gasteiger partial charge on any atom is -0.481 e. The van der Waals surface area contributed by atoms with E-state index in [1.165, 1.54) is 0 Å². The third-order valence-electron chi connectivity index (χ3n) is 4.16. The number of carbonyl (C=O) groups is 2. The van der Waals surface area contributed by atoms with Gasteiger partial charge in [0, 0.05) is 5.69 Å². The van der Waals surface area contributed by atoms with Gasteiger partial charge in [-0.2, -0.15) is 0 Å². The Morgan fingerprint density at radius 3 is 2.18 bits per heavy atom. The van der Waals surface area contributed by atoms with Gasteiger partial charge in [-0.3, -0.25) is 9.59 Å². The van der Waals surface area contributed by atoms with Crippen molar-refractivity contribution >= 4 is 23.2 Å². The molecule has 1 atom stereocenters. The molecule has 2 amide bonds. The summed E-state index contributed by atoms with van der Waals surface area (Å²) >= 11 is 0. The molecule has 0 unspecified atom stereocenters. The van der Waals surface area contributed by atoms with E-state index < -0.39 is 6.10 Å². The van der Waals surface area contributed by atoms with Gasteiger partial charge in [-0.1, -0.05) is 48.0 Å². The molecule has 0 aliphatic rings. The van der Waals surface area contributed by atoms with E-state index in [4.69, 9.17) is 4.74 Å². The van der Waals surface area contributed by atoms with Crippen molar-refractivity contribution in [2.24, 2.45) is 0 Å². The van der Waals surface area contributed by atoms with Crippen LogP contribution < -0.4 is 15.4 Å². The first-order valence-electron chi connectivity index (χ1n) is 9.02. The van der Waals surface area contributed by atoms with E-state index in [0.29, 0.717) is 22.7 Å². The highest BCUT2D eigenvalue weighted by Crippen LogP contribution is 2.19. The van der Waals surface area contributed by atoms with E-state index in [0.717, 1.165) is 5.56 Å². The minimum absolute atomic E-state index is 0.297. The normalized spacial score (nSPS) is 11.4. The van der Waals surface area contributed by atoms with Crippen molar-refractivity contribution in [2.45, 2.75) is 20.0 Å². The lowest BCUT2D eigenvalue weighted by molar-refractivity contribution is -0.122. The van der Waals surface area contributed by atoms with Crippen LogP contribution in [0, 0.1) is 6.92 Å². The van der Waals surface area contributed by atoms with E-state index in [9.17, 15) is 9.59 Å². The summed E-state index contributed by atoms with van der Waals surface area (Å²) in [6.45, 7) is 3.65. The fraction of sp³-hybridized carbons (Fsp3) is 0.130. The predicted octanol–water partition coefficient (Wildman–Crippen LogP) is 4.65. The molecule has 5 heteroatoms. The SMILES string of the molecule is Cc1ccc(O[C@H](C)C(=O)Nc2ccccc2C(=O)Nc2ccccc2)cc1. The zero-order chi connectivity index (χ0) is 19.9. The summed E-state index contributed by atoms with van der Waals surface area (Å²) in [6, 6.07) is 23.5. The molecule has 0 fully saturated rings. The van der Waals surface area contributed by atoms with Crippen LogP contribution in [0.3, 0.4) is 0 Å². The molecular weight excluding hydrogens is 352 g/mol. The predicted molar refractivity (Wildman–Crippen MR) is 111 cm³/mol. The van der Waals surface area contributed by atoms with E-state index in [1.54, 1.807) is 43.3 Å². The maximum absolute atomic E-state index is 12.6. The molecule has 0 radical (unpaired) electrons. The van der Waals surface area contributed by atoms with Gasteiger partial charge >= 0.3 is 0 Å². The summed E-state index contributed by atoms with van der Waals surface area (Å²) in [6.07, 6.45) is -0.715. The number of hydrogen-bond acceptors (Lipinski definition) is 3. The summed E-state index contributed by atoms with van der Waals surface area (Å²) < 4.78 is 5.69. The Bertz CT molecular complexity index is 953. The van der Waals surface area contributed by atoms with Crippen LogP contribution in [0.5, 0.6) is 5.75 Å². The van der Waals surface area contributed by atoms with Crippen LogP contribution in [0.1, 0.15) is 22.8 Å². The summed E-state index contributed by atoms with van der Waals surface area (Å²) in [4.78, 5) is 25.2. The van der Waals surface area contributed by atoms with Crippen molar-refractivity contribution < 1.29 is 14.3 Å². The summed E-state index contributed by atoms with van der Waals surface area (Å²) in [5.41, 5.74) is 2.61. The lowest BCUT2D eigenvalue weighted by atomic mass is 10.1. The fourth-order valence-corrected chi connectivity index (χ4v) is 2.62. The molecular formula is C23H22N2O3. The van der Waals surface area contributed by atoms with Gasteiger partial charge in [-0.25, -0.2) is 0 Å². The Hall–Kier alpha value is -3.60. The number of benzene rings is 3.